The highest BCUT2D eigenvalue weighted by molar-refractivity contribution is 7.89. The summed E-state index contributed by atoms with van der Waals surface area (Å²) in [5.74, 6) is -0.713. The maximum Gasteiger partial charge on any atom is 0.251 e. The zero-order chi connectivity index (χ0) is 25.4. The van der Waals surface area contributed by atoms with Gasteiger partial charge < -0.3 is 15.4 Å². The Bertz CT molecular complexity index is 1140. The van der Waals surface area contributed by atoms with Gasteiger partial charge in [-0.25, -0.2) is 8.42 Å². The molecule has 3 N–H and O–H groups in total. The lowest BCUT2D eigenvalue weighted by Crippen LogP contribution is -2.38. The van der Waals surface area contributed by atoms with Gasteiger partial charge >= 0.3 is 0 Å². The Kier molecular flexibility index (Phi) is 9.11. The quantitative estimate of drug-likeness (QED) is 0.435. The largest absolute Gasteiger partial charge is 0.490 e. The van der Waals surface area contributed by atoms with Crippen molar-refractivity contribution >= 4 is 39.3 Å². The molecular formula is C24H28ClN3O6S. The molecule has 1 aliphatic carbocycles. The minimum Gasteiger partial charge on any atom is -0.490 e. The number of carbonyl (C=O) groups excluding carboxylic acids is 3. The van der Waals surface area contributed by atoms with E-state index in [-0.39, 0.29) is 36.9 Å². The van der Waals surface area contributed by atoms with E-state index in [0.29, 0.717) is 47.6 Å². The van der Waals surface area contributed by atoms with E-state index in [1.807, 2.05) is 4.72 Å². The van der Waals surface area contributed by atoms with Gasteiger partial charge in [0.15, 0.2) is 0 Å². The van der Waals surface area contributed by atoms with E-state index in [1.54, 1.807) is 48.5 Å². The molecule has 0 aliphatic heterocycles. The van der Waals surface area contributed by atoms with Gasteiger partial charge in [0.2, 0.25) is 15.9 Å². The average molecular weight is 522 g/mol. The molecule has 11 heteroatoms. The summed E-state index contributed by atoms with van der Waals surface area (Å²) in [5, 5.41) is 6.03. The summed E-state index contributed by atoms with van der Waals surface area (Å²) in [6, 6.07) is 13.3. The molecule has 0 saturated heterocycles. The molecule has 1 aliphatic rings. The van der Waals surface area contributed by atoms with Crippen LogP contribution in [0.5, 0.6) is 5.75 Å². The zero-order valence-corrected chi connectivity index (χ0v) is 20.8. The van der Waals surface area contributed by atoms with Crippen molar-refractivity contribution < 1.29 is 27.5 Å². The molecule has 2 aromatic rings. The fourth-order valence-electron chi connectivity index (χ4n) is 3.74. The first-order chi connectivity index (χ1) is 16.6. The van der Waals surface area contributed by atoms with Crippen LogP contribution in [0.1, 0.15) is 46.4 Å². The molecule has 0 atom stereocenters. The SMILES string of the molecule is CS(=O)(=O)NC(=O)C1CCC(Oc2ccc(C(=O)NCCNC(=O)c3ccc(Cl)cc3)cc2)CC1. The maximum absolute atomic E-state index is 12.3. The standard InChI is InChI=1S/C24H28ClN3O6S/c1-35(32,33)28-24(31)18-6-12-21(13-7-18)34-20-10-4-17(5-11-20)23(30)27-15-14-26-22(29)16-2-8-19(25)9-3-16/h2-5,8-11,18,21H,6-7,12-15H2,1H3,(H,26,29)(H,27,30)(H,28,31). The first kappa shape index (κ1) is 26.5. The molecule has 35 heavy (non-hydrogen) atoms. The molecule has 3 amide bonds. The van der Waals surface area contributed by atoms with Crippen LogP contribution in [0.25, 0.3) is 0 Å². The predicted molar refractivity (Wildman–Crippen MR) is 132 cm³/mol. The van der Waals surface area contributed by atoms with Crippen LogP contribution in [0.3, 0.4) is 0 Å². The van der Waals surface area contributed by atoms with Crippen molar-refractivity contribution in [1.29, 1.82) is 0 Å². The van der Waals surface area contributed by atoms with Crippen LogP contribution in [0.4, 0.5) is 0 Å². The molecule has 3 rings (SSSR count). The van der Waals surface area contributed by atoms with Crippen molar-refractivity contribution in [2.45, 2.75) is 31.8 Å². The highest BCUT2D eigenvalue weighted by atomic mass is 35.5. The van der Waals surface area contributed by atoms with Gasteiger partial charge in [-0.2, -0.15) is 0 Å². The maximum atomic E-state index is 12.3. The number of hydrogen-bond donors (Lipinski definition) is 3. The van der Waals surface area contributed by atoms with Gasteiger partial charge in [-0.05, 0) is 74.2 Å². The molecule has 0 spiro atoms. The van der Waals surface area contributed by atoms with Gasteiger partial charge in [0, 0.05) is 35.2 Å². The van der Waals surface area contributed by atoms with E-state index >= 15 is 0 Å². The lowest BCUT2D eigenvalue weighted by atomic mass is 9.87. The van der Waals surface area contributed by atoms with E-state index in [1.165, 1.54) is 0 Å². The van der Waals surface area contributed by atoms with Crippen LogP contribution >= 0.6 is 11.6 Å². The summed E-state index contributed by atoms with van der Waals surface area (Å²) in [4.78, 5) is 36.4. The minimum absolute atomic E-state index is 0.0822. The third-order valence-electron chi connectivity index (χ3n) is 5.55. The van der Waals surface area contributed by atoms with E-state index in [9.17, 15) is 22.8 Å². The molecule has 0 aromatic heterocycles. The van der Waals surface area contributed by atoms with Crippen LogP contribution in [0.2, 0.25) is 5.02 Å². The Morgan fingerprint density at radius 3 is 1.83 bits per heavy atom. The molecule has 1 saturated carbocycles. The summed E-state index contributed by atoms with van der Waals surface area (Å²) >= 11 is 5.81. The van der Waals surface area contributed by atoms with Gasteiger partial charge in [0.1, 0.15) is 5.75 Å². The van der Waals surface area contributed by atoms with E-state index in [4.69, 9.17) is 16.3 Å². The lowest BCUT2D eigenvalue weighted by Gasteiger charge is -2.28. The molecular weight excluding hydrogens is 494 g/mol. The molecule has 0 heterocycles. The number of nitrogens with one attached hydrogen (secondary N) is 3. The fraction of sp³-hybridized carbons (Fsp3) is 0.375. The number of hydrogen-bond acceptors (Lipinski definition) is 6. The summed E-state index contributed by atoms with van der Waals surface area (Å²) in [5.41, 5.74) is 0.949. The highest BCUT2D eigenvalue weighted by Gasteiger charge is 2.28. The highest BCUT2D eigenvalue weighted by Crippen LogP contribution is 2.28. The monoisotopic (exact) mass is 521 g/mol. The number of amides is 3. The predicted octanol–water partition coefficient (Wildman–Crippen LogP) is 2.51. The Balaban J connectivity index is 1.38. The molecule has 1 fully saturated rings. The number of carbonyl (C=O) groups is 3. The normalized spacial score (nSPS) is 17.8. The van der Waals surface area contributed by atoms with Gasteiger partial charge in [-0.15, -0.1) is 0 Å². The van der Waals surface area contributed by atoms with Gasteiger partial charge in [0.05, 0.1) is 12.4 Å². The third-order valence-corrected chi connectivity index (χ3v) is 6.38. The van der Waals surface area contributed by atoms with Gasteiger partial charge in [0.25, 0.3) is 11.8 Å². The number of rotatable bonds is 9. The van der Waals surface area contributed by atoms with Crippen molar-refractivity contribution in [2.75, 3.05) is 19.3 Å². The van der Waals surface area contributed by atoms with Crippen LogP contribution in [0.15, 0.2) is 48.5 Å². The second-order valence-corrected chi connectivity index (χ2v) is 10.6. The van der Waals surface area contributed by atoms with E-state index in [2.05, 4.69) is 10.6 Å². The molecule has 0 unspecified atom stereocenters. The van der Waals surface area contributed by atoms with E-state index in [0.717, 1.165) is 6.26 Å². The number of ether oxygens (including phenoxy) is 1. The molecule has 0 bridgehead atoms. The zero-order valence-electron chi connectivity index (χ0n) is 19.3. The first-order valence-electron chi connectivity index (χ1n) is 11.2. The second kappa shape index (κ2) is 12.0. The van der Waals surface area contributed by atoms with E-state index < -0.39 is 15.9 Å². The summed E-state index contributed by atoms with van der Waals surface area (Å²) in [7, 11) is -3.56. The van der Waals surface area contributed by atoms with Crippen molar-refractivity contribution in [3.63, 3.8) is 0 Å². The summed E-state index contributed by atoms with van der Waals surface area (Å²) in [6.45, 7) is 0.547. The number of benzene rings is 2. The lowest BCUT2D eigenvalue weighted by molar-refractivity contribution is -0.124. The Hall–Kier alpha value is -3.11. The first-order valence-corrected chi connectivity index (χ1v) is 13.5. The van der Waals surface area contributed by atoms with Crippen LogP contribution in [0, 0.1) is 5.92 Å². The topological polar surface area (TPSA) is 131 Å². The van der Waals surface area contributed by atoms with Crippen molar-refractivity contribution in [1.82, 2.24) is 15.4 Å². The van der Waals surface area contributed by atoms with Crippen molar-refractivity contribution in [2.24, 2.45) is 5.92 Å². The molecule has 188 valence electrons. The fourth-order valence-corrected chi connectivity index (χ4v) is 4.40. The van der Waals surface area contributed by atoms with Crippen molar-refractivity contribution in [3.05, 3.63) is 64.7 Å². The molecule has 2 aromatic carbocycles. The molecule has 9 nitrogen and oxygen atoms in total. The average Bonchev–Trinajstić information content (AvgIpc) is 2.82. The summed E-state index contributed by atoms with van der Waals surface area (Å²) in [6.07, 6.45) is 3.23. The molecule has 0 radical (unpaired) electrons. The summed E-state index contributed by atoms with van der Waals surface area (Å²) < 4.78 is 30.4. The van der Waals surface area contributed by atoms with Crippen LogP contribution in [-0.4, -0.2) is 51.6 Å². The van der Waals surface area contributed by atoms with Crippen LogP contribution in [-0.2, 0) is 14.8 Å². The van der Waals surface area contributed by atoms with Gasteiger partial charge in [-0.3, -0.25) is 19.1 Å². The minimum atomic E-state index is -3.56. The van der Waals surface area contributed by atoms with Crippen LogP contribution < -0.4 is 20.1 Å². The van der Waals surface area contributed by atoms with Crippen molar-refractivity contribution in [3.8, 4) is 5.75 Å². The third kappa shape index (κ3) is 8.56. The smallest absolute Gasteiger partial charge is 0.251 e. The number of halogens is 1. The Morgan fingerprint density at radius 1 is 0.857 bits per heavy atom. The Labute approximate surface area is 209 Å². The second-order valence-electron chi connectivity index (χ2n) is 8.37. The number of sulfonamides is 1. The Morgan fingerprint density at radius 2 is 1.34 bits per heavy atom. The van der Waals surface area contributed by atoms with Gasteiger partial charge in [-0.1, -0.05) is 11.6 Å².